The summed E-state index contributed by atoms with van der Waals surface area (Å²) < 4.78 is 148. The molecule has 0 bridgehead atoms. The summed E-state index contributed by atoms with van der Waals surface area (Å²) in [6.07, 6.45) is 0. The number of ether oxygens (including phenoxy) is 1. The third-order valence-electron chi connectivity index (χ3n) is 5.23. The first-order chi connectivity index (χ1) is 15.3. The lowest BCUT2D eigenvalue weighted by atomic mass is 9.35. The van der Waals surface area contributed by atoms with E-state index < -0.39 is 98.1 Å². The normalized spacial score (nSPS) is 11.2. The standard InChI is InChI=1S/C21H11BF10O/c1-6-12(8(23)4-10(25)15(6)27)22(13-7(2)16(28)11(26)5-9(13)24)14-17(29)19(31)20(32)21(33-3)18(14)30/h4-5H,1-3H3. The lowest BCUT2D eigenvalue weighted by molar-refractivity contribution is 0.338. The Morgan fingerprint density at radius 2 is 0.939 bits per heavy atom. The van der Waals surface area contributed by atoms with Crippen LogP contribution in [0.25, 0.3) is 0 Å². The molecule has 0 heterocycles. The fourth-order valence-electron chi connectivity index (χ4n) is 3.66. The van der Waals surface area contributed by atoms with Crippen LogP contribution in [0.1, 0.15) is 11.1 Å². The molecule has 0 fully saturated rings. The molecule has 0 aliphatic heterocycles. The lowest BCUT2D eigenvalue weighted by Gasteiger charge is -2.23. The van der Waals surface area contributed by atoms with Gasteiger partial charge in [-0.2, -0.15) is 4.39 Å². The first kappa shape index (κ1) is 24.5. The van der Waals surface area contributed by atoms with Gasteiger partial charge in [-0.05, 0) is 35.9 Å². The molecule has 0 aromatic heterocycles. The van der Waals surface area contributed by atoms with Gasteiger partial charge >= 0.3 is 0 Å². The summed E-state index contributed by atoms with van der Waals surface area (Å²) in [5.41, 5.74) is -5.75. The van der Waals surface area contributed by atoms with Gasteiger partial charge in [0.2, 0.25) is 5.82 Å². The van der Waals surface area contributed by atoms with E-state index in [0.29, 0.717) is 7.11 Å². The maximum Gasteiger partial charge on any atom is 0.257 e. The topological polar surface area (TPSA) is 9.23 Å². The third kappa shape index (κ3) is 3.70. The predicted molar refractivity (Wildman–Crippen MR) is 99.6 cm³/mol. The molecule has 0 atom stereocenters. The van der Waals surface area contributed by atoms with Gasteiger partial charge < -0.3 is 4.74 Å². The molecule has 0 saturated carbocycles. The second-order valence-electron chi connectivity index (χ2n) is 7.02. The van der Waals surface area contributed by atoms with Crippen LogP contribution in [-0.2, 0) is 0 Å². The first-order valence-corrected chi connectivity index (χ1v) is 9.02. The molecule has 3 rings (SSSR count). The van der Waals surface area contributed by atoms with Crippen LogP contribution in [0.15, 0.2) is 12.1 Å². The molecule has 1 nitrogen and oxygen atoms in total. The number of rotatable bonds is 4. The van der Waals surface area contributed by atoms with Gasteiger partial charge in [0, 0.05) is 17.6 Å². The largest absolute Gasteiger partial charge is 0.491 e. The van der Waals surface area contributed by atoms with Gasteiger partial charge in [0.25, 0.3) is 6.71 Å². The quantitative estimate of drug-likeness (QED) is 0.235. The van der Waals surface area contributed by atoms with Gasteiger partial charge in [0.1, 0.15) is 11.6 Å². The molecule has 0 saturated heterocycles. The SMILES string of the molecule is COc1c(F)c(F)c(F)c(B(c2c(F)cc(F)c(F)c2C)c2c(F)cc(F)c(F)c2C)c1F. The van der Waals surface area contributed by atoms with E-state index in [0.717, 1.165) is 13.8 Å². The second-order valence-corrected chi connectivity index (χ2v) is 7.02. The Hall–Kier alpha value is -3.18. The number of benzene rings is 3. The van der Waals surface area contributed by atoms with Crippen molar-refractivity contribution >= 4 is 23.1 Å². The smallest absolute Gasteiger partial charge is 0.257 e. The van der Waals surface area contributed by atoms with E-state index in [4.69, 9.17) is 0 Å². The maximum atomic E-state index is 15.1. The summed E-state index contributed by atoms with van der Waals surface area (Å²) >= 11 is 0. The summed E-state index contributed by atoms with van der Waals surface area (Å²) in [6, 6.07) is -0.0740. The molecule has 174 valence electrons. The second kappa shape index (κ2) is 8.64. The van der Waals surface area contributed by atoms with Crippen molar-refractivity contribution in [2.75, 3.05) is 7.11 Å². The van der Waals surface area contributed by atoms with Crippen molar-refractivity contribution in [1.82, 2.24) is 0 Å². The van der Waals surface area contributed by atoms with Crippen LogP contribution in [0, 0.1) is 72.0 Å². The summed E-state index contributed by atoms with van der Waals surface area (Å²) in [6.45, 7) is -1.05. The van der Waals surface area contributed by atoms with E-state index in [1.54, 1.807) is 0 Å². The highest BCUT2D eigenvalue weighted by molar-refractivity contribution is 6.96. The van der Waals surface area contributed by atoms with Gasteiger partial charge in [-0.15, -0.1) is 0 Å². The Kier molecular flexibility index (Phi) is 6.41. The average Bonchev–Trinajstić information content (AvgIpc) is 2.74. The molecular weight excluding hydrogens is 469 g/mol. The van der Waals surface area contributed by atoms with E-state index >= 15 is 4.39 Å². The highest BCUT2D eigenvalue weighted by Gasteiger charge is 2.41. The van der Waals surface area contributed by atoms with Crippen LogP contribution in [-0.4, -0.2) is 13.8 Å². The van der Waals surface area contributed by atoms with Gasteiger partial charge in [-0.25, -0.2) is 39.5 Å². The average molecular weight is 480 g/mol. The number of halogens is 10. The van der Waals surface area contributed by atoms with Gasteiger partial charge in [-0.1, -0.05) is 0 Å². The van der Waals surface area contributed by atoms with Crippen LogP contribution in [0.3, 0.4) is 0 Å². The molecule has 3 aromatic rings. The van der Waals surface area contributed by atoms with Crippen LogP contribution < -0.4 is 21.1 Å². The van der Waals surface area contributed by atoms with E-state index in [9.17, 15) is 39.5 Å². The van der Waals surface area contributed by atoms with Crippen LogP contribution in [0.4, 0.5) is 43.9 Å². The number of hydrogen-bond donors (Lipinski definition) is 0. The highest BCUT2D eigenvalue weighted by atomic mass is 19.2. The Morgan fingerprint density at radius 3 is 1.33 bits per heavy atom. The van der Waals surface area contributed by atoms with Crippen LogP contribution in [0.5, 0.6) is 5.75 Å². The fraction of sp³-hybridized carbons (Fsp3) is 0.143. The molecule has 0 unspecified atom stereocenters. The molecule has 0 N–H and O–H groups in total. The number of hydrogen-bond acceptors (Lipinski definition) is 1. The van der Waals surface area contributed by atoms with Crippen molar-refractivity contribution < 1.29 is 48.6 Å². The molecular formula is C21H11BF10O. The Labute approximate surface area is 180 Å². The zero-order chi connectivity index (χ0) is 24.9. The minimum atomic E-state index is -2.56. The number of methoxy groups -OCH3 is 1. The van der Waals surface area contributed by atoms with Crippen LogP contribution >= 0.6 is 0 Å². The minimum Gasteiger partial charge on any atom is -0.491 e. The van der Waals surface area contributed by atoms with Crippen molar-refractivity contribution in [1.29, 1.82) is 0 Å². The lowest BCUT2D eigenvalue weighted by Crippen LogP contribution is -2.59. The minimum absolute atomic E-state index is 0.0370. The molecule has 33 heavy (non-hydrogen) atoms. The van der Waals surface area contributed by atoms with Crippen molar-refractivity contribution in [2.24, 2.45) is 0 Å². The van der Waals surface area contributed by atoms with Crippen molar-refractivity contribution in [3.63, 3.8) is 0 Å². The maximum absolute atomic E-state index is 15.1. The van der Waals surface area contributed by atoms with Crippen LogP contribution in [0.2, 0.25) is 0 Å². The van der Waals surface area contributed by atoms with Crippen molar-refractivity contribution in [3.05, 3.63) is 81.4 Å². The molecule has 12 heteroatoms. The predicted octanol–water partition coefficient (Wildman–Crippen LogP) is 4.22. The van der Waals surface area contributed by atoms with Gasteiger partial charge in [0.15, 0.2) is 46.5 Å². The molecule has 0 aliphatic rings. The molecule has 0 radical (unpaired) electrons. The first-order valence-electron chi connectivity index (χ1n) is 9.02. The molecule has 0 aliphatic carbocycles. The molecule has 3 aromatic carbocycles. The van der Waals surface area contributed by atoms with E-state index in [2.05, 4.69) is 4.74 Å². The van der Waals surface area contributed by atoms with Gasteiger partial charge in [0.05, 0.1) is 7.11 Å². The summed E-state index contributed by atoms with van der Waals surface area (Å²) in [5, 5.41) is 0. The van der Waals surface area contributed by atoms with Crippen molar-refractivity contribution in [3.8, 4) is 5.75 Å². The van der Waals surface area contributed by atoms with Crippen molar-refractivity contribution in [2.45, 2.75) is 13.8 Å². The Balaban J connectivity index is 2.61. The Bertz CT molecular complexity index is 1230. The molecule has 0 spiro atoms. The Morgan fingerprint density at radius 1 is 0.515 bits per heavy atom. The monoisotopic (exact) mass is 480 g/mol. The summed E-state index contributed by atoms with van der Waals surface area (Å²) in [7, 11) is 0.671. The van der Waals surface area contributed by atoms with E-state index in [1.807, 2.05) is 0 Å². The zero-order valence-electron chi connectivity index (χ0n) is 16.9. The highest BCUT2D eigenvalue weighted by Crippen LogP contribution is 2.26. The summed E-state index contributed by atoms with van der Waals surface area (Å²) in [4.78, 5) is 0. The fourth-order valence-corrected chi connectivity index (χ4v) is 3.66. The summed E-state index contributed by atoms with van der Waals surface area (Å²) in [5.74, 6) is -20.5. The molecule has 0 amide bonds. The van der Waals surface area contributed by atoms with E-state index in [-0.39, 0.29) is 12.1 Å². The zero-order valence-corrected chi connectivity index (χ0v) is 16.9. The van der Waals surface area contributed by atoms with Gasteiger partial charge in [-0.3, -0.25) is 0 Å². The third-order valence-corrected chi connectivity index (χ3v) is 5.23. The van der Waals surface area contributed by atoms with E-state index in [1.165, 1.54) is 0 Å².